The first-order chi connectivity index (χ1) is 12.7. The summed E-state index contributed by atoms with van der Waals surface area (Å²) in [5.74, 6) is 0.266. The van der Waals surface area contributed by atoms with E-state index in [0.717, 1.165) is 10.9 Å². The minimum atomic E-state index is -0.0754. The van der Waals surface area contributed by atoms with E-state index in [1.54, 1.807) is 12.1 Å². The highest BCUT2D eigenvalue weighted by atomic mass is 79.9. The molecule has 142 valence electrons. The number of phenolic OH excluding ortho intramolecular Hbond substituents is 1. The Balaban J connectivity index is 1.58. The lowest BCUT2D eigenvalue weighted by Gasteiger charge is -2.19. The highest BCUT2D eigenvalue weighted by molar-refractivity contribution is 9.11. The molecule has 1 fully saturated rings. The number of hydrogen-bond acceptors (Lipinski definition) is 3. The van der Waals surface area contributed by atoms with Crippen molar-refractivity contribution in [3.05, 3.63) is 62.0 Å². The first-order valence-electron chi connectivity index (χ1n) is 8.78. The Labute approximate surface area is 176 Å². The second-order valence-electron chi connectivity index (χ2n) is 7.88. The second-order valence-corrected chi connectivity index (χ2v) is 9.59. The van der Waals surface area contributed by atoms with Crippen molar-refractivity contribution in [1.82, 2.24) is 5.43 Å². The zero-order chi connectivity index (χ0) is 19.8. The van der Waals surface area contributed by atoms with Crippen molar-refractivity contribution < 1.29 is 9.90 Å². The highest BCUT2D eigenvalue weighted by Gasteiger charge is 2.44. The van der Waals surface area contributed by atoms with Crippen LogP contribution in [0.4, 0.5) is 0 Å². The third-order valence-corrected chi connectivity index (χ3v) is 6.10. The molecule has 0 unspecified atom stereocenters. The number of halogens is 2. The minimum absolute atomic E-state index is 0.0376. The van der Waals surface area contributed by atoms with Crippen LogP contribution in [0.15, 0.2) is 50.4 Å². The second kappa shape index (κ2) is 7.76. The molecule has 0 radical (unpaired) electrons. The summed E-state index contributed by atoms with van der Waals surface area (Å²) < 4.78 is 1.36. The van der Waals surface area contributed by atoms with E-state index in [4.69, 9.17) is 0 Å². The van der Waals surface area contributed by atoms with Gasteiger partial charge in [-0.05, 0) is 56.9 Å². The van der Waals surface area contributed by atoms with E-state index in [9.17, 15) is 9.90 Å². The lowest BCUT2D eigenvalue weighted by Crippen LogP contribution is -2.20. The Morgan fingerprint density at radius 2 is 1.85 bits per heavy atom. The summed E-state index contributed by atoms with van der Waals surface area (Å²) in [5.41, 5.74) is 5.91. The molecule has 0 bridgehead atoms. The lowest BCUT2D eigenvalue weighted by atomic mass is 9.86. The van der Waals surface area contributed by atoms with Gasteiger partial charge in [-0.2, -0.15) is 5.10 Å². The zero-order valence-electron chi connectivity index (χ0n) is 15.5. The minimum Gasteiger partial charge on any atom is -0.507 e. The van der Waals surface area contributed by atoms with Crippen molar-refractivity contribution in [2.24, 2.45) is 11.0 Å². The molecule has 0 aliphatic heterocycles. The molecule has 1 saturated carbocycles. The van der Waals surface area contributed by atoms with Crippen molar-refractivity contribution in [3.8, 4) is 5.75 Å². The molecule has 2 atom stereocenters. The van der Waals surface area contributed by atoms with Crippen LogP contribution in [-0.2, 0) is 10.2 Å². The van der Waals surface area contributed by atoms with Crippen LogP contribution in [0.25, 0.3) is 0 Å². The Morgan fingerprint density at radius 3 is 2.48 bits per heavy atom. The topological polar surface area (TPSA) is 61.7 Å². The van der Waals surface area contributed by atoms with Gasteiger partial charge in [0, 0.05) is 16.0 Å². The Bertz CT molecular complexity index is 886. The molecule has 0 saturated heterocycles. The predicted octanol–water partition coefficient (Wildman–Crippen LogP) is 5.47. The molecule has 6 heteroatoms. The third kappa shape index (κ3) is 4.79. The SMILES string of the molecule is CC(C)(C)c1ccc([C@@H]2C[C@@H]2C(=O)N/N=C/c2cc(O)c(Br)cc2Br)cc1. The van der Waals surface area contributed by atoms with Crippen LogP contribution in [0.3, 0.4) is 0 Å². The van der Waals surface area contributed by atoms with Crippen molar-refractivity contribution in [2.75, 3.05) is 0 Å². The molecule has 27 heavy (non-hydrogen) atoms. The maximum absolute atomic E-state index is 12.3. The van der Waals surface area contributed by atoms with Gasteiger partial charge < -0.3 is 5.11 Å². The standard InChI is InChI=1S/C21H22Br2N2O2/c1-21(2,3)14-6-4-12(5-7-14)15-9-16(15)20(27)25-24-11-13-8-19(26)18(23)10-17(13)22/h4-8,10-11,15-16,26H,9H2,1-3H3,(H,25,27)/b24-11+/t15-,16-/m0/s1. The number of carbonyl (C=O) groups is 1. The van der Waals surface area contributed by atoms with Crippen LogP contribution in [0, 0.1) is 5.92 Å². The smallest absolute Gasteiger partial charge is 0.243 e. The van der Waals surface area contributed by atoms with Crippen molar-refractivity contribution >= 4 is 44.0 Å². The quantitative estimate of drug-likeness (QED) is 0.438. The molecule has 0 heterocycles. The summed E-state index contributed by atoms with van der Waals surface area (Å²) >= 11 is 6.65. The fraction of sp³-hybridized carbons (Fsp3) is 0.333. The first-order valence-corrected chi connectivity index (χ1v) is 10.4. The van der Waals surface area contributed by atoms with Gasteiger partial charge in [-0.25, -0.2) is 5.43 Å². The number of hydrazone groups is 1. The summed E-state index contributed by atoms with van der Waals surface area (Å²) in [7, 11) is 0. The number of rotatable bonds is 4. The van der Waals surface area contributed by atoms with Gasteiger partial charge in [0.2, 0.25) is 5.91 Å². The molecule has 4 nitrogen and oxygen atoms in total. The van der Waals surface area contributed by atoms with E-state index < -0.39 is 0 Å². The molecule has 2 N–H and O–H groups in total. The van der Waals surface area contributed by atoms with Crippen LogP contribution in [0.5, 0.6) is 5.75 Å². The molecule has 0 aromatic heterocycles. The number of amides is 1. The van der Waals surface area contributed by atoms with Gasteiger partial charge in [-0.3, -0.25) is 4.79 Å². The number of hydrogen-bond donors (Lipinski definition) is 2. The normalized spacial score (nSPS) is 19.3. The number of carbonyl (C=O) groups excluding carboxylic acids is 1. The van der Waals surface area contributed by atoms with E-state index in [1.807, 2.05) is 0 Å². The Kier molecular flexibility index (Phi) is 5.77. The molecule has 3 rings (SSSR count). The fourth-order valence-electron chi connectivity index (χ4n) is 2.98. The molecular formula is C21H22Br2N2O2. The maximum Gasteiger partial charge on any atom is 0.243 e. The summed E-state index contributed by atoms with van der Waals surface area (Å²) in [4.78, 5) is 12.3. The summed E-state index contributed by atoms with van der Waals surface area (Å²) in [6, 6.07) is 11.9. The van der Waals surface area contributed by atoms with Crippen molar-refractivity contribution in [1.29, 1.82) is 0 Å². The molecule has 0 spiro atoms. The van der Waals surface area contributed by atoms with E-state index in [-0.39, 0.29) is 28.9 Å². The van der Waals surface area contributed by atoms with Gasteiger partial charge >= 0.3 is 0 Å². The number of nitrogens with zero attached hydrogens (tertiary/aromatic N) is 1. The van der Waals surface area contributed by atoms with Gasteiger partial charge in [0.15, 0.2) is 0 Å². The average Bonchev–Trinajstić information content (AvgIpc) is 3.39. The first kappa shape index (κ1) is 20.1. The van der Waals surface area contributed by atoms with Gasteiger partial charge in [-0.1, -0.05) is 61.0 Å². The van der Waals surface area contributed by atoms with Crippen LogP contribution in [-0.4, -0.2) is 17.2 Å². The summed E-state index contributed by atoms with van der Waals surface area (Å²) in [6.45, 7) is 6.57. The predicted molar refractivity (Wildman–Crippen MR) is 115 cm³/mol. The van der Waals surface area contributed by atoms with Crippen molar-refractivity contribution in [3.63, 3.8) is 0 Å². The number of nitrogens with one attached hydrogen (secondary N) is 1. The summed E-state index contributed by atoms with van der Waals surface area (Å²) in [5, 5.41) is 13.8. The summed E-state index contributed by atoms with van der Waals surface area (Å²) in [6.07, 6.45) is 2.36. The molecule has 1 aliphatic carbocycles. The zero-order valence-corrected chi connectivity index (χ0v) is 18.6. The highest BCUT2D eigenvalue weighted by Crippen LogP contribution is 2.47. The number of benzene rings is 2. The van der Waals surface area contributed by atoms with Crippen molar-refractivity contribution in [2.45, 2.75) is 38.5 Å². The maximum atomic E-state index is 12.3. The fourth-order valence-corrected chi connectivity index (χ4v) is 4.08. The van der Waals surface area contributed by atoms with E-state index >= 15 is 0 Å². The molecule has 1 amide bonds. The monoisotopic (exact) mass is 492 g/mol. The number of phenols is 1. The van der Waals surface area contributed by atoms with E-state index in [0.29, 0.717) is 10.0 Å². The van der Waals surface area contributed by atoms with Gasteiger partial charge in [0.25, 0.3) is 0 Å². The van der Waals surface area contributed by atoms with Gasteiger partial charge in [0.1, 0.15) is 5.75 Å². The molecular weight excluding hydrogens is 472 g/mol. The molecule has 2 aromatic rings. The third-order valence-electron chi connectivity index (χ3n) is 4.78. The molecule has 2 aromatic carbocycles. The van der Waals surface area contributed by atoms with E-state index in [2.05, 4.69) is 87.4 Å². The van der Waals surface area contributed by atoms with Gasteiger partial charge in [-0.15, -0.1) is 0 Å². The van der Waals surface area contributed by atoms with Crippen LogP contribution in [0.2, 0.25) is 0 Å². The Hall–Kier alpha value is -1.66. The Morgan fingerprint density at radius 1 is 1.19 bits per heavy atom. The van der Waals surface area contributed by atoms with E-state index in [1.165, 1.54) is 17.3 Å². The van der Waals surface area contributed by atoms with Crippen LogP contribution >= 0.6 is 31.9 Å². The molecule has 1 aliphatic rings. The lowest BCUT2D eigenvalue weighted by molar-refractivity contribution is -0.122. The van der Waals surface area contributed by atoms with Crippen LogP contribution in [0.1, 0.15) is 49.8 Å². The number of aromatic hydroxyl groups is 1. The van der Waals surface area contributed by atoms with Crippen LogP contribution < -0.4 is 5.43 Å². The average molecular weight is 494 g/mol. The van der Waals surface area contributed by atoms with Gasteiger partial charge in [0.05, 0.1) is 10.7 Å². The largest absolute Gasteiger partial charge is 0.507 e.